The van der Waals surface area contributed by atoms with Gasteiger partial charge >= 0.3 is 0 Å². The fourth-order valence-corrected chi connectivity index (χ4v) is 0.881. The lowest BCUT2D eigenvalue weighted by Crippen LogP contribution is -2.16. The van der Waals surface area contributed by atoms with Crippen LogP contribution in [0.3, 0.4) is 0 Å². The molecule has 0 aromatic rings. The highest BCUT2D eigenvalue weighted by molar-refractivity contribution is 7.38. The minimum atomic E-state index is -1.41. The largest absolute Gasteiger partial charge is 0.371 e. The van der Waals surface area contributed by atoms with Crippen LogP contribution in [-0.4, -0.2) is 45.7 Å². The van der Waals surface area contributed by atoms with Crippen molar-refractivity contribution in [2.45, 2.75) is 12.3 Å². The molecule has 0 amide bonds. The van der Waals surface area contributed by atoms with Crippen LogP contribution in [0.1, 0.15) is 0 Å². The third kappa shape index (κ3) is 6.35. The maximum Gasteiger partial charge on any atom is 0.167 e. The number of aliphatic hydroxyl groups excluding tert-OH is 3. The van der Waals surface area contributed by atoms with E-state index in [9.17, 15) is 0 Å². The van der Waals surface area contributed by atoms with E-state index < -0.39 is 19.1 Å². The van der Waals surface area contributed by atoms with Gasteiger partial charge in [-0.3, -0.25) is 0 Å². The quantitative estimate of drug-likeness (QED) is 0.289. The highest BCUT2D eigenvalue weighted by Crippen LogP contribution is 2.15. The molecule has 4 N–H and O–H groups in total. The number of hydrogen-bond acceptors (Lipinski definition) is 5. The molecule has 0 rings (SSSR count). The van der Waals surface area contributed by atoms with Gasteiger partial charge in [0.15, 0.2) is 12.3 Å². The zero-order valence-corrected chi connectivity index (χ0v) is 6.27. The molecule has 62 valence electrons. The molecule has 0 aliphatic rings. The first-order chi connectivity index (χ1) is 4.66. The van der Waals surface area contributed by atoms with Crippen LogP contribution in [0.5, 0.6) is 0 Å². The molecular formula is C4H11O5P. The molecule has 0 fully saturated rings. The fraction of sp³-hybridized carbons (Fsp3) is 1.00. The van der Waals surface area contributed by atoms with E-state index in [1.54, 1.807) is 0 Å². The van der Waals surface area contributed by atoms with Crippen molar-refractivity contribution >= 4 is 8.58 Å². The van der Waals surface area contributed by atoms with Crippen molar-refractivity contribution in [1.82, 2.24) is 0 Å². The van der Waals surface area contributed by atoms with Gasteiger partial charge in [-0.05, 0) is 0 Å². The number of ether oxygens (including phenoxy) is 1. The smallest absolute Gasteiger partial charge is 0.167 e. The Bertz CT molecular complexity index is 78.0. The van der Waals surface area contributed by atoms with E-state index in [-0.39, 0.29) is 14.7 Å². The highest BCUT2D eigenvalue weighted by Gasteiger charge is 2.05. The van der Waals surface area contributed by atoms with E-state index in [4.69, 9.17) is 20.4 Å². The van der Waals surface area contributed by atoms with Gasteiger partial charge in [0.2, 0.25) is 0 Å². The number of hydrogen-bond donors (Lipinski definition) is 4. The maximum absolute atomic E-state index is 8.70. The molecule has 0 aliphatic carbocycles. The summed E-state index contributed by atoms with van der Waals surface area (Å²) in [5, 5.41) is 33.4. The first-order valence-corrected chi connectivity index (χ1v) is 3.95. The second kappa shape index (κ2) is 5.97. The molecule has 0 aliphatic heterocycles. The predicted octanol–water partition coefficient (Wildman–Crippen LogP) is -1.78. The Morgan fingerprint density at radius 1 is 1.30 bits per heavy atom. The van der Waals surface area contributed by atoms with Crippen molar-refractivity contribution in [3.8, 4) is 0 Å². The average molecular weight is 170 g/mol. The summed E-state index contributed by atoms with van der Waals surface area (Å²) in [7, 11) is -0.196. The van der Waals surface area contributed by atoms with Gasteiger partial charge in [0.05, 0.1) is 0 Å². The summed E-state index contributed by atoms with van der Waals surface area (Å²) in [6.45, 7) is -0.562. The van der Waals surface area contributed by atoms with Crippen LogP contribution in [-0.2, 0) is 4.74 Å². The van der Waals surface area contributed by atoms with E-state index in [0.717, 1.165) is 0 Å². The van der Waals surface area contributed by atoms with Crippen LogP contribution in [0.15, 0.2) is 0 Å². The molecule has 2 atom stereocenters. The summed E-state index contributed by atoms with van der Waals surface area (Å²) in [5.41, 5.74) is 0. The van der Waals surface area contributed by atoms with Crippen molar-refractivity contribution < 1.29 is 25.2 Å². The van der Waals surface area contributed by atoms with Crippen molar-refractivity contribution in [1.29, 1.82) is 0 Å². The molecule has 5 nitrogen and oxygen atoms in total. The lowest BCUT2D eigenvalue weighted by atomic mass is 10.8. The SMILES string of the molecule is OCO[C@@H](O)CPC(O)O. The van der Waals surface area contributed by atoms with Gasteiger partial charge in [-0.2, -0.15) is 0 Å². The minimum absolute atomic E-state index is 0.123. The van der Waals surface area contributed by atoms with Gasteiger partial charge in [-0.1, -0.05) is 8.58 Å². The Morgan fingerprint density at radius 2 is 1.90 bits per heavy atom. The van der Waals surface area contributed by atoms with Crippen LogP contribution >= 0.6 is 8.58 Å². The molecule has 1 unspecified atom stereocenters. The third-order valence-electron chi connectivity index (χ3n) is 0.742. The third-order valence-corrected chi connectivity index (χ3v) is 1.69. The summed E-state index contributed by atoms with van der Waals surface area (Å²) < 4.78 is 4.29. The summed E-state index contributed by atoms with van der Waals surface area (Å²) in [6, 6.07) is -1.41. The van der Waals surface area contributed by atoms with E-state index in [1.165, 1.54) is 0 Å². The summed E-state index contributed by atoms with van der Waals surface area (Å²) in [5.74, 6) is 0. The van der Waals surface area contributed by atoms with Crippen LogP contribution in [0.2, 0.25) is 0 Å². The number of rotatable bonds is 5. The Morgan fingerprint density at radius 3 is 2.30 bits per heavy atom. The van der Waals surface area contributed by atoms with Gasteiger partial charge in [0, 0.05) is 6.16 Å². The van der Waals surface area contributed by atoms with Crippen molar-refractivity contribution in [2.75, 3.05) is 13.0 Å². The Labute approximate surface area is 60.0 Å². The minimum Gasteiger partial charge on any atom is -0.371 e. The molecule has 0 saturated carbocycles. The molecule has 0 aromatic carbocycles. The van der Waals surface area contributed by atoms with Crippen molar-refractivity contribution in [3.05, 3.63) is 0 Å². The second-order valence-electron chi connectivity index (χ2n) is 1.53. The predicted molar refractivity (Wildman–Crippen MR) is 35.6 cm³/mol. The average Bonchev–Trinajstić information content (AvgIpc) is 1.85. The van der Waals surface area contributed by atoms with Crippen molar-refractivity contribution in [3.63, 3.8) is 0 Å². The molecule has 0 saturated heterocycles. The normalized spacial score (nSPS) is 15.3. The fourth-order valence-electron chi connectivity index (χ4n) is 0.351. The van der Waals surface area contributed by atoms with Gasteiger partial charge in [-0.25, -0.2) is 0 Å². The lowest BCUT2D eigenvalue weighted by molar-refractivity contribution is -0.137. The van der Waals surface area contributed by atoms with E-state index >= 15 is 0 Å². The lowest BCUT2D eigenvalue weighted by Gasteiger charge is -2.09. The highest BCUT2D eigenvalue weighted by atomic mass is 31.1. The van der Waals surface area contributed by atoms with Gasteiger partial charge < -0.3 is 25.2 Å². The molecule has 0 spiro atoms. The van der Waals surface area contributed by atoms with Gasteiger partial charge in [0.1, 0.15) is 6.79 Å². The summed E-state index contributed by atoms with van der Waals surface area (Å²) >= 11 is 0. The number of aliphatic hydroxyl groups is 4. The molecule has 0 radical (unpaired) electrons. The molecular weight excluding hydrogens is 159 g/mol. The second-order valence-corrected chi connectivity index (χ2v) is 2.87. The first-order valence-electron chi connectivity index (χ1n) is 2.67. The van der Waals surface area contributed by atoms with Crippen LogP contribution < -0.4 is 0 Å². The molecule has 10 heavy (non-hydrogen) atoms. The Hall–Kier alpha value is 0.230. The Balaban J connectivity index is 3.12. The molecule has 0 heterocycles. The topological polar surface area (TPSA) is 90.2 Å². The summed E-state index contributed by atoms with van der Waals surface area (Å²) in [6.07, 6.45) is -0.983. The molecule has 6 heteroatoms. The van der Waals surface area contributed by atoms with Crippen LogP contribution in [0.25, 0.3) is 0 Å². The standard InChI is InChI=1S/C4H11O5P/c5-2-9-3(6)1-10-4(7)8/h3-8,10H,1-2H2/t3-/m1/s1. The maximum atomic E-state index is 8.70. The van der Waals surface area contributed by atoms with Gasteiger partial charge in [0.25, 0.3) is 0 Å². The van der Waals surface area contributed by atoms with Gasteiger partial charge in [-0.15, -0.1) is 0 Å². The zero-order chi connectivity index (χ0) is 7.98. The van der Waals surface area contributed by atoms with Crippen LogP contribution in [0, 0.1) is 0 Å². The van der Waals surface area contributed by atoms with E-state index in [1.807, 2.05) is 0 Å². The molecule has 0 bridgehead atoms. The Kier molecular flexibility index (Phi) is 6.11. The zero-order valence-electron chi connectivity index (χ0n) is 5.27. The van der Waals surface area contributed by atoms with Crippen molar-refractivity contribution in [2.24, 2.45) is 0 Å². The molecule has 0 aromatic heterocycles. The first kappa shape index (κ1) is 10.2. The van der Waals surface area contributed by atoms with E-state index in [0.29, 0.717) is 0 Å². The van der Waals surface area contributed by atoms with E-state index in [2.05, 4.69) is 4.74 Å². The monoisotopic (exact) mass is 170 g/mol. The van der Waals surface area contributed by atoms with Crippen LogP contribution in [0.4, 0.5) is 0 Å². The summed E-state index contributed by atoms with van der Waals surface area (Å²) in [4.78, 5) is 0.